The number of benzene rings is 1. The van der Waals surface area contributed by atoms with Crippen LogP contribution in [-0.2, 0) is 13.1 Å². The van der Waals surface area contributed by atoms with Crippen LogP contribution in [0.5, 0.6) is 0 Å². The monoisotopic (exact) mass is 406 g/mol. The number of fused-ring (bicyclic) bond motifs is 1. The average molecular weight is 406 g/mol. The summed E-state index contributed by atoms with van der Waals surface area (Å²) in [5, 5.41) is 2.98. The zero-order valence-electron chi connectivity index (χ0n) is 17.3. The van der Waals surface area contributed by atoms with Crippen molar-refractivity contribution >= 4 is 23.0 Å². The number of anilines is 1. The number of piperazine rings is 1. The van der Waals surface area contributed by atoms with E-state index in [2.05, 4.69) is 15.3 Å². The summed E-state index contributed by atoms with van der Waals surface area (Å²) in [5.41, 5.74) is 3.43. The Morgan fingerprint density at radius 1 is 1.10 bits per heavy atom. The van der Waals surface area contributed by atoms with Gasteiger partial charge in [-0.2, -0.15) is 0 Å². The number of aryl methyl sites for hydroxylation is 2. The maximum Gasteiger partial charge on any atom is 0.317 e. The fraction of sp³-hybridized carbons (Fsp3) is 0.364. The minimum Gasteiger partial charge on any atom is -0.348 e. The van der Waals surface area contributed by atoms with Crippen molar-refractivity contribution in [2.45, 2.75) is 26.9 Å². The van der Waals surface area contributed by atoms with Gasteiger partial charge in [0.2, 0.25) is 0 Å². The lowest BCUT2D eigenvalue weighted by Crippen LogP contribution is -2.53. The highest BCUT2D eigenvalue weighted by Gasteiger charge is 2.24. The van der Waals surface area contributed by atoms with Crippen molar-refractivity contribution < 1.29 is 4.79 Å². The van der Waals surface area contributed by atoms with Crippen molar-refractivity contribution in [2.75, 3.05) is 31.1 Å². The van der Waals surface area contributed by atoms with E-state index in [1.165, 1.54) is 5.56 Å². The van der Waals surface area contributed by atoms with Gasteiger partial charge in [-0.05, 0) is 31.5 Å². The minimum absolute atomic E-state index is 0.0862. The van der Waals surface area contributed by atoms with Crippen LogP contribution in [0.15, 0.2) is 47.4 Å². The van der Waals surface area contributed by atoms with E-state index in [4.69, 9.17) is 0 Å². The summed E-state index contributed by atoms with van der Waals surface area (Å²) >= 11 is 0. The van der Waals surface area contributed by atoms with E-state index in [9.17, 15) is 9.59 Å². The van der Waals surface area contributed by atoms with Crippen molar-refractivity contribution in [3.05, 3.63) is 64.1 Å². The topological polar surface area (TPSA) is 83.4 Å². The molecule has 0 atom stereocenters. The van der Waals surface area contributed by atoms with E-state index >= 15 is 0 Å². The highest BCUT2D eigenvalue weighted by atomic mass is 16.2. The third-order valence-corrected chi connectivity index (χ3v) is 5.43. The number of carbonyl (C=O) groups is 1. The minimum atomic E-state index is -0.138. The van der Waals surface area contributed by atoms with Crippen molar-refractivity contribution in [1.82, 2.24) is 24.8 Å². The molecule has 8 heteroatoms. The fourth-order valence-corrected chi connectivity index (χ4v) is 3.68. The molecule has 0 saturated carbocycles. The van der Waals surface area contributed by atoms with Gasteiger partial charge in [0.25, 0.3) is 5.56 Å². The van der Waals surface area contributed by atoms with Crippen LogP contribution in [0.2, 0.25) is 0 Å². The molecular formula is C22H26N6O2. The third-order valence-electron chi connectivity index (χ3n) is 5.43. The third kappa shape index (κ3) is 3.98. The molecule has 3 heterocycles. The number of rotatable bonds is 4. The Kier molecular flexibility index (Phi) is 5.65. The molecule has 1 saturated heterocycles. The van der Waals surface area contributed by atoms with Crippen molar-refractivity contribution in [1.29, 1.82) is 0 Å². The Bertz CT molecular complexity index is 1100. The Balaban J connectivity index is 1.42. The molecule has 1 aromatic carbocycles. The molecular weight excluding hydrogens is 380 g/mol. The van der Waals surface area contributed by atoms with Crippen LogP contribution < -0.4 is 15.8 Å². The van der Waals surface area contributed by atoms with Crippen LogP contribution in [-0.4, -0.2) is 51.6 Å². The van der Waals surface area contributed by atoms with Gasteiger partial charge in [0, 0.05) is 45.5 Å². The summed E-state index contributed by atoms with van der Waals surface area (Å²) in [4.78, 5) is 38.1. The lowest BCUT2D eigenvalue weighted by Gasteiger charge is -2.35. The number of carbonyl (C=O) groups excluding carboxylic acids is 1. The molecule has 0 radical (unpaired) electrons. The van der Waals surface area contributed by atoms with E-state index in [1.807, 2.05) is 55.1 Å². The molecule has 2 amide bonds. The number of nitrogens with zero attached hydrogens (tertiary/aromatic N) is 5. The van der Waals surface area contributed by atoms with Gasteiger partial charge >= 0.3 is 6.03 Å². The maximum absolute atomic E-state index is 12.9. The number of amides is 2. The summed E-state index contributed by atoms with van der Waals surface area (Å²) in [6, 6.07) is 11.7. The Morgan fingerprint density at radius 3 is 2.53 bits per heavy atom. The van der Waals surface area contributed by atoms with Crippen LogP contribution in [0.25, 0.3) is 11.2 Å². The van der Waals surface area contributed by atoms with Crippen molar-refractivity contribution in [3.63, 3.8) is 0 Å². The van der Waals surface area contributed by atoms with Crippen molar-refractivity contribution in [3.8, 4) is 0 Å². The lowest BCUT2D eigenvalue weighted by atomic mass is 10.1. The fourth-order valence-electron chi connectivity index (χ4n) is 3.68. The molecule has 0 aliphatic carbocycles. The first-order chi connectivity index (χ1) is 14.6. The van der Waals surface area contributed by atoms with Crippen LogP contribution in [0.4, 0.5) is 10.6 Å². The standard InChI is InChI=1S/C22H26N6O2/c1-3-28-19-18(5-4-10-23-19)25-20(21(28)29)26-11-13-27(14-12-26)22(30)24-15-17-8-6-16(2)7-9-17/h4-10H,3,11-15H2,1-2H3,(H,24,30). The lowest BCUT2D eigenvalue weighted by molar-refractivity contribution is 0.193. The smallest absolute Gasteiger partial charge is 0.317 e. The van der Waals surface area contributed by atoms with Gasteiger partial charge in [0.15, 0.2) is 11.5 Å². The Morgan fingerprint density at radius 2 is 1.83 bits per heavy atom. The second kappa shape index (κ2) is 8.52. The van der Waals surface area contributed by atoms with Gasteiger partial charge in [0.05, 0.1) is 0 Å². The summed E-state index contributed by atoms with van der Waals surface area (Å²) < 4.78 is 1.65. The highest BCUT2D eigenvalue weighted by Crippen LogP contribution is 2.14. The molecule has 156 valence electrons. The zero-order valence-corrected chi connectivity index (χ0v) is 17.3. The Labute approximate surface area is 175 Å². The molecule has 0 unspecified atom stereocenters. The Hall–Kier alpha value is -3.42. The highest BCUT2D eigenvalue weighted by molar-refractivity contribution is 5.75. The quantitative estimate of drug-likeness (QED) is 0.718. The van der Waals surface area contributed by atoms with E-state index in [0.29, 0.717) is 56.3 Å². The van der Waals surface area contributed by atoms with Crippen LogP contribution >= 0.6 is 0 Å². The molecule has 4 rings (SSSR count). The van der Waals surface area contributed by atoms with Gasteiger partial charge < -0.3 is 15.1 Å². The number of hydrogen-bond donors (Lipinski definition) is 1. The molecule has 1 aliphatic rings. The number of urea groups is 1. The molecule has 1 N–H and O–H groups in total. The maximum atomic E-state index is 12.9. The normalized spacial score (nSPS) is 14.2. The predicted octanol–water partition coefficient (Wildman–Crippen LogP) is 2.15. The van der Waals surface area contributed by atoms with Gasteiger partial charge in [0.1, 0.15) is 5.52 Å². The largest absolute Gasteiger partial charge is 0.348 e. The first-order valence-corrected chi connectivity index (χ1v) is 10.3. The molecule has 8 nitrogen and oxygen atoms in total. The molecule has 2 aromatic heterocycles. The average Bonchev–Trinajstić information content (AvgIpc) is 2.78. The second-order valence-corrected chi connectivity index (χ2v) is 7.45. The van der Waals surface area contributed by atoms with Crippen molar-refractivity contribution in [2.24, 2.45) is 0 Å². The number of hydrogen-bond acceptors (Lipinski definition) is 5. The second-order valence-electron chi connectivity index (χ2n) is 7.45. The summed E-state index contributed by atoms with van der Waals surface area (Å²) in [6.07, 6.45) is 1.67. The first kappa shape index (κ1) is 19.9. The summed E-state index contributed by atoms with van der Waals surface area (Å²) in [7, 11) is 0. The number of nitrogens with one attached hydrogen (secondary N) is 1. The van der Waals surface area contributed by atoms with Gasteiger partial charge in [-0.3, -0.25) is 9.36 Å². The van der Waals surface area contributed by atoms with E-state index in [1.54, 1.807) is 15.7 Å². The van der Waals surface area contributed by atoms with Crippen LogP contribution in [0, 0.1) is 6.92 Å². The van der Waals surface area contributed by atoms with Crippen LogP contribution in [0.3, 0.4) is 0 Å². The summed E-state index contributed by atoms with van der Waals surface area (Å²) in [6.45, 7) is 7.21. The molecule has 1 aliphatic heterocycles. The number of aromatic nitrogens is 3. The van der Waals surface area contributed by atoms with Gasteiger partial charge in [-0.15, -0.1) is 0 Å². The molecule has 30 heavy (non-hydrogen) atoms. The molecule has 0 bridgehead atoms. The van der Waals surface area contributed by atoms with E-state index in [0.717, 1.165) is 5.56 Å². The zero-order chi connectivity index (χ0) is 21.1. The summed E-state index contributed by atoms with van der Waals surface area (Å²) in [5.74, 6) is 0.428. The molecule has 0 spiro atoms. The molecule has 3 aromatic rings. The van der Waals surface area contributed by atoms with E-state index < -0.39 is 0 Å². The number of pyridine rings is 1. The van der Waals surface area contributed by atoms with Gasteiger partial charge in [-0.1, -0.05) is 29.8 Å². The van der Waals surface area contributed by atoms with E-state index in [-0.39, 0.29) is 11.6 Å². The van der Waals surface area contributed by atoms with Crippen LogP contribution in [0.1, 0.15) is 18.1 Å². The van der Waals surface area contributed by atoms with Gasteiger partial charge in [-0.25, -0.2) is 14.8 Å². The predicted molar refractivity (Wildman–Crippen MR) is 117 cm³/mol. The first-order valence-electron chi connectivity index (χ1n) is 10.3. The molecule has 1 fully saturated rings. The SMILES string of the molecule is CCn1c(=O)c(N2CCN(C(=O)NCc3ccc(C)cc3)CC2)nc2cccnc21.